The van der Waals surface area contributed by atoms with Crippen LogP contribution in [-0.2, 0) is 0 Å². The maximum absolute atomic E-state index is 5.29. The molecular formula is C8H10BrN3S2. The molecule has 0 aliphatic heterocycles. The van der Waals surface area contributed by atoms with Gasteiger partial charge in [-0.15, -0.1) is 11.3 Å². The van der Waals surface area contributed by atoms with Crippen molar-refractivity contribution in [3.63, 3.8) is 0 Å². The highest BCUT2D eigenvalue weighted by molar-refractivity contribution is 9.11. The van der Waals surface area contributed by atoms with Gasteiger partial charge in [0.05, 0.1) is 14.4 Å². The standard InChI is InChI=1S/C8H10BrN3S2/c1-2-5(11-12-8(10)13)6-3-4-7(9)14-6/h3-4H,2H2,1H3,(H3,10,12,13). The summed E-state index contributed by atoms with van der Waals surface area (Å²) in [4.78, 5) is 1.11. The first-order valence-electron chi connectivity index (χ1n) is 4.01. The lowest BCUT2D eigenvalue weighted by molar-refractivity contribution is 1.02. The minimum atomic E-state index is 0.187. The molecule has 76 valence electrons. The summed E-state index contributed by atoms with van der Waals surface area (Å²) >= 11 is 9.71. The molecule has 3 N–H and O–H groups in total. The number of rotatable bonds is 3. The van der Waals surface area contributed by atoms with Crippen LogP contribution in [0.5, 0.6) is 0 Å². The predicted octanol–water partition coefficient (Wildman–Crippen LogP) is 2.46. The van der Waals surface area contributed by atoms with E-state index in [9.17, 15) is 0 Å². The van der Waals surface area contributed by atoms with E-state index >= 15 is 0 Å². The molecule has 1 aromatic rings. The molecule has 3 nitrogen and oxygen atoms in total. The Bertz CT molecular complexity index is 359. The van der Waals surface area contributed by atoms with Gasteiger partial charge in [-0.2, -0.15) is 5.10 Å². The van der Waals surface area contributed by atoms with Crippen LogP contribution < -0.4 is 11.2 Å². The summed E-state index contributed by atoms with van der Waals surface area (Å²) in [5.74, 6) is 0. The Morgan fingerprint density at radius 3 is 2.86 bits per heavy atom. The third-order valence-electron chi connectivity index (χ3n) is 1.49. The Kier molecular flexibility index (Phi) is 4.50. The lowest BCUT2D eigenvalue weighted by Gasteiger charge is -2.00. The molecule has 0 unspecified atom stereocenters. The molecule has 0 aliphatic rings. The molecular weight excluding hydrogens is 282 g/mol. The fourth-order valence-electron chi connectivity index (χ4n) is 0.900. The monoisotopic (exact) mass is 291 g/mol. The van der Waals surface area contributed by atoms with Crippen LogP contribution in [0.3, 0.4) is 0 Å². The van der Waals surface area contributed by atoms with Gasteiger partial charge in [0, 0.05) is 0 Å². The van der Waals surface area contributed by atoms with Gasteiger partial charge in [-0.1, -0.05) is 6.92 Å². The minimum absolute atomic E-state index is 0.187. The molecule has 1 heterocycles. The van der Waals surface area contributed by atoms with Crippen molar-refractivity contribution in [1.29, 1.82) is 0 Å². The van der Waals surface area contributed by atoms with Gasteiger partial charge in [0.1, 0.15) is 0 Å². The van der Waals surface area contributed by atoms with E-state index in [1.165, 1.54) is 0 Å². The maximum Gasteiger partial charge on any atom is 0.184 e. The predicted molar refractivity (Wildman–Crippen MR) is 68.8 cm³/mol. The Morgan fingerprint density at radius 1 is 1.71 bits per heavy atom. The molecule has 0 atom stereocenters. The topological polar surface area (TPSA) is 50.4 Å². The quantitative estimate of drug-likeness (QED) is 0.511. The number of hydrogen-bond acceptors (Lipinski definition) is 3. The zero-order valence-electron chi connectivity index (χ0n) is 7.58. The highest BCUT2D eigenvalue weighted by Gasteiger charge is 2.04. The molecule has 0 saturated carbocycles. The summed E-state index contributed by atoms with van der Waals surface area (Å²) in [6.07, 6.45) is 0.836. The van der Waals surface area contributed by atoms with Crippen LogP contribution in [-0.4, -0.2) is 10.8 Å². The Labute approximate surface area is 101 Å². The molecule has 1 rings (SSSR count). The molecule has 0 fully saturated rings. The molecule has 0 bridgehead atoms. The second kappa shape index (κ2) is 5.43. The van der Waals surface area contributed by atoms with E-state index < -0.39 is 0 Å². The number of thiophene rings is 1. The first kappa shape index (κ1) is 11.6. The zero-order valence-corrected chi connectivity index (χ0v) is 10.8. The van der Waals surface area contributed by atoms with Gasteiger partial charge in [-0.05, 0) is 46.7 Å². The Balaban J connectivity index is 2.81. The van der Waals surface area contributed by atoms with Crippen LogP contribution in [0.1, 0.15) is 18.2 Å². The van der Waals surface area contributed by atoms with Crippen LogP contribution in [0.4, 0.5) is 0 Å². The van der Waals surface area contributed by atoms with E-state index in [0.717, 1.165) is 20.8 Å². The Morgan fingerprint density at radius 2 is 2.43 bits per heavy atom. The summed E-state index contributed by atoms with van der Waals surface area (Å²) in [6.45, 7) is 2.04. The number of hydrazone groups is 1. The molecule has 0 radical (unpaired) electrons. The lowest BCUT2D eigenvalue weighted by atomic mass is 10.2. The number of halogens is 1. The number of nitrogens with one attached hydrogen (secondary N) is 1. The Hall–Kier alpha value is -0.460. The van der Waals surface area contributed by atoms with E-state index in [-0.39, 0.29) is 5.11 Å². The number of hydrogen-bond donors (Lipinski definition) is 2. The summed E-state index contributed by atoms with van der Waals surface area (Å²) in [6, 6.07) is 4.00. The van der Waals surface area contributed by atoms with Crippen molar-refractivity contribution in [2.24, 2.45) is 10.8 Å². The third kappa shape index (κ3) is 3.36. The van der Waals surface area contributed by atoms with Crippen molar-refractivity contribution in [1.82, 2.24) is 5.43 Å². The van der Waals surface area contributed by atoms with Crippen LogP contribution in [0.25, 0.3) is 0 Å². The third-order valence-corrected chi connectivity index (χ3v) is 3.26. The van der Waals surface area contributed by atoms with Crippen molar-refractivity contribution < 1.29 is 0 Å². The average Bonchev–Trinajstić information content (AvgIpc) is 2.53. The SMILES string of the molecule is CCC(=NNC(N)=S)c1ccc(Br)s1. The first-order chi connectivity index (χ1) is 6.63. The van der Waals surface area contributed by atoms with Crippen molar-refractivity contribution >= 4 is 50.3 Å². The summed E-state index contributed by atoms with van der Waals surface area (Å²) in [5, 5.41) is 4.30. The summed E-state index contributed by atoms with van der Waals surface area (Å²) < 4.78 is 1.09. The fourth-order valence-corrected chi connectivity index (χ4v) is 2.39. The average molecular weight is 292 g/mol. The van der Waals surface area contributed by atoms with Gasteiger partial charge >= 0.3 is 0 Å². The van der Waals surface area contributed by atoms with Gasteiger partial charge in [0.15, 0.2) is 5.11 Å². The normalized spacial score (nSPS) is 11.4. The molecule has 0 spiro atoms. The van der Waals surface area contributed by atoms with Crippen LogP contribution in [0, 0.1) is 0 Å². The van der Waals surface area contributed by atoms with Crippen molar-refractivity contribution in [3.05, 3.63) is 20.8 Å². The van der Waals surface area contributed by atoms with Gasteiger partial charge < -0.3 is 5.73 Å². The highest BCUT2D eigenvalue weighted by Crippen LogP contribution is 2.23. The van der Waals surface area contributed by atoms with Gasteiger partial charge in [0.25, 0.3) is 0 Å². The van der Waals surface area contributed by atoms with Crippen molar-refractivity contribution in [2.45, 2.75) is 13.3 Å². The first-order valence-corrected chi connectivity index (χ1v) is 6.03. The number of nitrogens with two attached hydrogens (primary N) is 1. The van der Waals surface area contributed by atoms with Gasteiger partial charge in [0.2, 0.25) is 0 Å². The second-order valence-electron chi connectivity index (χ2n) is 2.49. The number of thiocarbonyl (C=S) groups is 1. The minimum Gasteiger partial charge on any atom is -0.375 e. The maximum atomic E-state index is 5.29. The lowest BCUT2D eigenvalue weighted by Crippen LogP contribution is -2.25. The largest absolute Gasteiger partial charge is 0.375 e. The van der Waals surface area contributed by atoms with E-state index in [4.69, 9.17) is 5.73 Å². The summed E-state index contributed by atoms with van der Waals surface area (Å²) in [7, 11) is 0. The van der Waals surface area contributed by atoms with Gasteiger partial charge in [-0.25, -0.2) is 0 Å². The molecule has 14 heavy (non-hydrogen) atoms. The van der Waals surface area contributed by atoms with Crippen LogP contribution in [0.15, 0.2) is 21.0 Å². The van der Waals surface area contributed by atoms with E-state index in [2.05, 4.69) is 38.7 Å². The highest BCUT2D eigenvalue weighted by atomic mass is 79.9. The van der Waals surface area contributed by atoms with Crippen LogP contribution in [0.2, 0.25) is 0 Å². The molecule has 1 aromatic heterocycles. The van der Waals surface area contributed by atoms with E-state index in [1.54, 1.807) is 11.3 Å². The fraction of sp³-hybridized carbons (Fsp3) is 0.250. The zero-order chi connectivity index (χ0) is 10.6. The van der Waals surface area contributed by atoms with Crippen molar-refractivity contribution in [2.75, 3.05) is 0 Å². The molecule has 6 heteroatoms. The second-order valence-corrected chi connectivity index (χ2v) is 5.39. The summed E-state index contributed by atoms with van der Waals surface area (Å²) in [5.41, 5.74) is 8.83. The molecule has 0 aromatic carbocycles. The van der Waals surface area contributed by atoms with Crippen LogP contribution >= 0.6 is 39.5 Å². The number of nitrogens with zero attached hydrogens (tertiary/aromatic N) is 1. The van der Waals surface area contributed by atoms with Crippen molar-refractivity contribution in [3.8, 4) is 0 Å². The molecule has 0 saturated heterocycles. The van der Waals surface area contributed by atoms with E-state index in [1.807, 2.05) is 19.1 Å². The van der Waals surface area contributed by atoms with Gasteiger partial charge in [-0.3, -0.25) is 5.43 Å². The van der Waals surface area contributed by atoms with E-state index in [0.29, 0.717) is 0 Å². The molecule has 0 amide bonds. The molecule has 0 aliphatic carbocycles. The smallest absolute Gasteiger partial charge is 0.184 e.